The molecular formula is C14H20N2O2. The summed E-state index contributed by atoms with van der Waals surface area (Å²) in [5.41, 5.74) is 2.34. The van der Waals surface area contributed by atoms with Gasteiger partial charge in [-0.05, 0) is 24.0 Å². The lowest BCUT2D eigenvalue weighted by molar-refractivity contribution is -0.120. The molecule has 0 aliphatic heterocycles. The van der Waals surface area contributed by atoms with Gasteiger partial charge < -0.3 is 15.4 Å². The van der Waals surface area contributed by atoms with Crippen molar-refractivity contribution in [1.29, 1.82) is 0 Å². The van der Waals surface area contributed by atoms with E-state index in [0.717, 1.165) is 18.4 Å². The van der Waals surface area contributed by atoms with Crippen LogP contribution in [0.15, 0.2) is 24.3 Å². The molecule has 1 fully saturated rings. The van der Waals surface area contributed by atoms with E-state index in [4.69, 9.17) is 4.74 Å². The molecule has 98 valence electrons. The Kier molecular flexibility index (Phi) is 4.73. The van der Waals surface area contributed by atoms with E-state index in [-0.39, 0.29) is 5.91 Å². The van der Waals surface area contributed by atoms with Crippen molar-refractivity contribution < 1.29 is 9.53 Å². The van der Waals surface area contributed by atoms with Gasteiger partial charge in [-0.15, -0.1) is 0 Å². The summed E-state index contributed by atoms with van der Waals surface area (Å²) < 4.78 is 5.05. The Morgan fingerprint density at radius 3 is 2.56 bits per heavy atom. The van der Waals surface area contributed by atoms with Crippen LogP contribution in [0.1, 0.15) is 24.0 Å². The fourth-order valence-electron chi connectivity index (χ4n) is 1.75. The van der Waals surface area contributed by atoms with Crippen molar-refractivity contribution in [3.8, 4) is 0 Å². The van der Waals surface area contributed by atoms with Gasteiger partial charge >= 0.3 is 0 Å². The van der Waals surface area contributed by atoms with E-state index >= 15 is 0 Å². The zero-order chi connectivity index (χ0) is 12.8. The van der Waals surface area contributed by atoms with Gasteiger partial charge in [-0.1, -0.05) is 24.3 Å². The number of methoxy groups -OCH3 is 1. The first-order valence-corrected chi connectivity index (χ1v) is 6.35. The van der Waals surface area contributed by atoms with Gasteiger partial charge in [0.2, 0.25) is 5.91 Å². The predicted molar refractivity (Wildman–Crippen MR) is 70.0 cm³/mol. The molecule has 4 heteroatoms. The average Bonchev–Trinajstić information content (AvgIpc) is 3.16. The molecule has 18 heavy (non-hydrogen) atoms. The van der Waals surface area contributed by atoms with E-state index in [1.807, 2.05) is 12.1 Å². The van der Waals surface area contributed by atoms with E-state index < -0.39 is 0 Å². The highest BCUT2D eigenvalue weighted by molar-refractivity contribution is 5.78. The Labute approximate surface area is 108 Å². The van der Waals surface area contributed by atoms with Crippen LogP contribution in [-0.4, -0.2) is 25.6 Å². The summed E-state index contributed by atoms with van der Waals surface area (Å²) in [6.07, 6.45) is 2.26. The Bertz CT molecular complexity index is 385. The Hall–Kier alpha value is -1.39. The highest BCUT2D eigenvalue weighted by atomic mass is 16.5. The second-order valence-electron chi connectivity index (χ2n) is 4.69. The average molecular weight is 248 g/mol. The molecule has 0 radical (unpaired) electrons. The first-order chi connectivity index (χ1) is 8.78. The van der Waals surface area contributed by atoms with Gasteiger partial charge in [-0.3, -0.25) is 4.79 Å². The summed E-state index contributed by atoms with van der Waals surface area (Å²) in [6.45, 7) is 1.74. The summed E-state index contributed by atoms with van der Waals surface area (Å²) in [7, 11) is 1.69. The van der Waals surface area contributed by atoms with Crippen LogP contribution >= 0.6 is 0 Å². The number of rotatable bonds is 7. The number of hydrogen-bond acceptors (Lipinski definition) is 3. The predicted octanol–water partition coefficient (Wildman–Crippen LogP) is 1.20. The topological polar surface area (TPSA) is 50.4 Å². The minimum Gasteiger partial charge on any atom is -0.380 e. The molecule has 1 saturated carbocycles. The van der Waals surface area contributed by atoms with Crippen LogP contribution < -0.4 is 10.6 Å². The molecule has 0 saturated heterocycles. The van der Waals surface area contributed by atoms with Crippen LogP contribution in [0, 0.1) is 0 Å². The maximum atomic E-state index is 11.4. The smallest absolute Gasteiger partial charge is 0.234 e. The molecular weight excluding hydrogens is 228 g/mol. The number of nitrogens with one attached hydrogen (secondary N) is 2. The molecule has 2 N–H and O–H groups in total. The van der Waals surface area contributed by atoms with Crippen LogP contribution in [0.2, 0.25) is 0 Å². The summed E-state index contributed by atoms with van der Waals surface area (Å²) in [4.78, 5) is 11.4. The van der Waals surface area contributed by atoms with Crippen molar-refractivity contribution in [2.24, 2.45) is 0 Å². The largest absolute Gasteiger partial charge is 0.380 e. The Morgan fingerprint density at radius 2 is 1.94 bits per heavy atom. The van der Waals surface area contributed by atoms with Crippen molar-refractivity contribution in [1.82, 2.24) is 10.6 Å². The fourth-order valence-corrected chi connectivity index (χ4v) is 1.75. The van der Waals surface area contributed by atoms with Gasteiger partial charge in [0.05, 0.1) is 13.2 Å². The number of amides is 1. The summed E-state index contributed by atoms with van der Waals surface area (Å²) >= 11 is 0. The molecule has 1 aliphatic carbocycles. The van der Waals surface area contributed by atoms with E-state index in [1.165, 1.54) is 5.56 Å². The molecule has 0 aromatic heterocycles. The molecule has 0 spiro atoms. The molecule has 2 rings (SSSR count). The van der Waals surface area contributed by atoms with Crippen molar-refractivity contribution in [3.05, 3.63) is 35.4 Å². The number of carbonyl (C=O) groups is 1. The van der Waals surface area contributed by atoms with E-state index in [9.17, 15) is 4.79 Å². The summed E-state index contributed by atoms with van der Waals surface area (Å²) in [6, 6.07) is 8.64. The third-order valence-electron chi connectivity index (χ3n) is 2.89. The van der Waals surface area contributed by atoms with Gasteiger partial charge in [0, 0.05) is 19.7 Å². The minimum atomic E-state index is 0.0912. The quantitative estimate of drug-likeness (QED) is 0.762. The van der Waals surface area contributed by atoms with Gasteiger partial charge in [0.25, 0.3) is 0 Å². The Balaban J connectivity index is 1.67. The first kappa shape index (κ1) is 13.1. The lowest BCUT2D eigenvalue weighted by atomic mass is 10.1. The van der Waals surface area contributed by atoms with Crippen LogP contribution in [-0.2, 0) is 22.7 Å². The second kappa shape index (κ2) is 6.52. The summed E-state index contributed by atoms with van der Waals surface area (Å²) in [5.74, 6) is 0.0912. The minimum absolute atomic E-state index is 0.0912. The van der Waals surface area contributed by atoms with Gasteiger partial charge in [0.1, 0.15) is 0 Å². The van der Waals surface area contributed by atoms with Crippen molar-refractivity contribution in [3.63, 3.8) is 0 Å². The molecule has 1 aromatic carbocycles. The van der Waals surface area contributed by atoms with Crippen molar-refractivity contribution >= 4 is 5.91 Å². The monoisotopic (exact) mass is 248 g/mol. The molecule has 4 nitrogen and oxygen atoms in total. The van der Waals surface area contributed by atoms with Crippen LogP contribution in [0.3, 0.4) is 0 Å². The molecule has 1 aliphatic rings. The van der Waals surface area contributed by atoms with Crippen molar-refractivity contribution in [2.75, 3.05) is 13.7 Å². The lowest BCUT2D eigenvalue weighted by Gasteiger charge is -2.06. The standard InChI is InChI=1S/C14H20N2O2/c1-18-10-12-4-2-11(3-5-12)8-15-9-14(17)16-13-6-7-13/h2-5,13,15H,6-10H2,1H3,(H,16,17). The zero-order valence-corrected chi connectivity index (χ0v) is 10.7. The number of benzene rings is 1. The van der Waals surface area contributed by atoms with Crippen LogP contribution in [0.5, 0.6) is 0 Å². The number of carbonyl (C=O) groups excluding carboxylic acids is 1. The first-order valence-electron chi connectivity index (χ1n) is 6.35. The van der Waals surface area contributed by atoms with Gasteiger partial charge in [0.15, 0.2) is 0 Å². The second-order valence-corrected chi connectivity index (χ2v) is 4.69. The maximum absolute atomic E-state index is 11.4. The van der Waals surface area contributed by atoms with Crippen molar-refractivity contribution in [2.45, 2.75) is 32.0 Å². The SMILES string of the molecule is COCc1ccc(CNCC(=O)NC2CC2)cc1. The lowest BCUT2D eigenvalue weighted by Crippen LogP contribution is -2.34. The molecule has 1 amide bonds. The van der Waals surface area contributed by atoms with E-state index in [1.54, 1.807) is 7.11 Å². The highest BCUT2D eigenvalue weighted by Crippen LogP contribution is 2.18. The van der Waals surface area contributed by atoms with Gasteiger partial charge in [-0.25, -0.2) is 0 Å². The summed E-state index contributed by atoms with van der Waals surface area (Å²) in [5, 5.41) is 6.09. The molecule has 1 aromatic rings. The fraction of sp³-hybridized carbons (Fsp3) is 0.500. The maximum Gasteiger partial charge on any atom is 0.234 e. The third kappa shape index (κ3) is 4.47. The molecule has 0 bridgehead atoms. The highest BCUT2D eigenvalue weighted by Gasteiger charge is 2.22. The third-order valence-corrected chi connectivity index (χ3v) is 2.89. The number of hydrogen-bond donors (Lipinski definition) is 2. The van der Waals surface area contributed by atoms with Crippen LogP contribution in [0.25, 0.3) is 0 Å². The van der Waals surface area contributed by atoms with Crippen LogP contribution in [0.4, 0.5) is 0 Å². The normalized spacial score (nSPS) is 14.5. The molecule has 0 atom stereocenters. The zero-order valence-electron chi connectivity index (χ0n) is 10.7. The van der Waals surface area contributed by atoms with E-state index in [0.29, 0.717) is 25.7 Å². The Morgan fingerprint density at radius 1 is 1.28 bits per heavy atom. The van der Waals surface area contributed by atoms with Gasteiger partial charge in [-0.2, -0.15) is 0 Å². The molecule has 0 unspecified atom stereocenters. The van der Waals surface area contributed by atoms with E-state index in [2.05, 4.69) is 22.8 Å². The molecule has 0 heterocycles. The number of ether oxygens (including phenoxy) is 1.